The summed E-state index contributed by atoms with van der Waals surface area (Å²) in [5.74, 6) is -0.296. The molecule has 1 aliphatic heterocycles. The number of methoxy groups -OCH3 is 1. The number of ether oxygens (including phenoxy) is 1. The van der Waals surface area contributed by atoms with Crippen LogP contribution in [0.25, 0.3) is 10.9 Å². The van der Waals surface area contributed by atoms with Crippen LogP contribution in [0, 0.1) is 0 Å². The fourth-order valence-corrected chi connectivity index (χ4v) is 3.40. The number of nitrogens with one attached hydrogen (secondary N) is 1. The topological polar surface area (TPSA) is 78.5 Å². The molecule has 0 radical (unpaired) electrons. The number of benzene rings is 2. The van der Waals surface area contributed by atoms with E-state index in [-0.39, 0.29) is 17.2 Å². The first kappa shape index (κ1) is 15.9. The number of carbonyl (C=O) groups excluding carboxylic acids is 1. The maximum absolute atomic E-state index is 12.9. The molecular weight excluding hydrogens is 342 g/mol. The monoisotopic (exact) mass is 357 g/mol. The second-order valence-corrected chi connectivity index (χ2v) is 6.53. The third kappa shape index (κ3) is 2.73. The molecule has 0 atom stereocenters. The molecule has 7 heteroatoms. The van der Waals surface area contributed by atoms with Gasteiger partial charge >= 0.3 is 0 Å². The Morgan fingerprint density at radius 1 is 1.32 bits per heavy atom. The molecule has 1 aliphatic rings. The van der Waals surface area contributed by atoms with Crippen LogP contribution in [0.5, 0.6) is 5.75 Å². The lowest BCUT2D eigenvalue weighted by atomic mass is 10.1. The first-order chi connectivity index (χ1) is 12.1. The molecule has 1 aromatic heterocycles. The lowest BCUT2D eigenvalue weighted by molar-refractivity contribution is 0.0748. The first-order valence-corrected chi connectivity index (χ1v) is 8.20. The number of carbonyl (C=O) groups is 1. The van der Waals surface area contributed by atoms with Gasteiger partial charge in [0.2, 0.25) is 0 Å². The SMILES string of the molecule is COCc1n[nH]c2cc(O)c(C(=O)N3Cc4ccc(Cl)cc4C3)cc12. The molecular formula is C18H16ClN3O3. The number of nitrogens with zero attached hydrogens (tertiary/aromatic N) is 2. The van der Waals surface area contributed by atoms with E-state index in [0.29, 0.717) is 35.9 Å². The van der Waals surface area contributed by atoms with Crippen LogP contribution < -0.4 is 0 Å². The molecule has 2 heterocycles. The van der Waals surface area contributed by atoms with Crippen LogP contribution >= 0.6 is 11.6 Å². The number of aromatic hydroxyl groups is 1. The van der Waals surface area contributed by atoms with Gasteiger partial charge in [-0.3, -0.25) is 9.89 Å². The van der Waals surface area contributed by atoms with Gasteiger partial charge in [0.15, 0.2) is 0 Å². The molecule has 1 amide bonds. The Hall–Kier alpha value is -2.57. The highest BCUT2D eigenvalue weighted by Gasteiger charge is 2.27. The van der Waals surface area contributed by atoms with Crippen LogP contribution in [-0.4, -0.2) is 33.2 Å². The summed E-state index contributed by atoms with van der Waals surface area (Å²) in [5.41, 5.74) is 3.72. The molecule has 25 heavy (non-hydrogen) atoms. The van der Waals surface area contributed by atoms with Crippen LogP contribution in [0.15, 0.2) is 30.3 Å². The number of hydrogen-bond acceptors (Lipinski definition) is 4. The van der Waals surface area contributed by atoms with Gasteiger partial charge in [0.05, 0.1) is 23.4 Å². The molecule has 0 saturated heterocycles. The summed E-state index contributed by atoms with van der Waals surface area (Å²) in [5, 5.41) is 18.7. The van der Waals surface area contributed by atoms with Crippen molar-refractivity contribution in [1.29, 1.82) is 0 Å². The van der Waals surface area contributed by atoms with E-state index in [4.69, 9.17) is 16.3 Å². The van der Waals surface area contributed by atoms with Crippen LogP contribution in [-0.2, 0) is 24.4 Å². The maximum Gasteiger partial charge on any atom is 0.258 e. The third-order valence-corrected chi connectivity index (χ3v) is 4.68. The van der Waals surface area contributed by atoms with Gasteiger partial charge in [0.25, 0.3) is 5.91 Å². The van der Waals surface area contributed by atoms with Gasteiger partial charge in [-0.25, -0.2) is 0 Å². The van der Waals surface area contributed by atoms with Gasteiger partial charge < -0.3 is 14.7 Å². The van der Waals surface area contributed by atoms with E-state index in [0.717, 1.165) is 16.5 Å². The average Bonchev–Trinajstić information content (AvgIpc) is 3.17. The zero-order valence-corrected chi connectivity index (χ0v) is 14.3. The number of phenols is 1. The summed E-state index contributed by atoms with van der Waals surface area (Å²) >= 11 is 6.03. The number of rotatable bonds is 3. The Morgan fingerprint density at radius 2 is 2.12 bits per heavy atom. The molecule has 0 unspecified atom stereocenters. The van der Waals surface area contributed by atoms with Crippen molar-refractivity contribution in [3.05, 3.63) is 57.7 Å². The predicted octanol–water partition coefficient (Wildman–Crippen LogP) is 3.22. The summed E-state index contributed by atoms with van der Waals surface area (Å²) in [4.78, 5) is 14.6. The smallest absolute Gasteiger partial charge is 0.258 e. The Balaban J connectivity index is 1.68. The minimum Gasteiger partial charge on any atom is -0.507 e. The summed E-state index contributed by atoms with van der Waals surface area (Å²) in [6.45, 7) is 1.30. The second-order valence-electron chi connectivity index (χ2n) is 6.09. The number of halogens is 1. The van der Waals surface area contributed by atoms with Crippen molar-refractivity contribution >= 4 is 28.4 Å². The van der Waals surface area contributed by atoms with Crippen LogP contribution in [0.2, 0.25) is 5.02 Å². The molecule has 3 aromatic rings. The number of fused-ring (bicyclic) bond motifs is 2. The summed E-state index contributed by atoms with van der Waals surface area (Å²) in [7, 11) is 1.58. The van der Waals surface area contributed by atoms with Crippen molar-refractivity contribution < 1.29 is 14.6 Å². The molecule has 0 spiro atoms. The van der Waals surface area contributed by atoms with Gasteiger partial charge in [0.1, 0.15) is 5.75 Å². The molecule has 0 fully saturated rings. The van der Waals surface area contributed by atoms with Gasteiger partial charge in [0, 0.05) is 36.7 Å². The summed E-state index contributed by atoms with van der Waals surface area (Å²) in [6.07, 6.45) is 0. The predicted molar refractivity (Wildman–Crippen MR) is 93.5 cm³/mol. The number of hydrogen-bond donors (Lipinski definition) is 2. The van der Waals surface area contributed by atoms with E-state index in [1.54, 1.807) is 18.1 Å². The van der Waals surface area contributed by atoms with Crippen molar-refractivity contribution in [1.82, 2.24) is 15.1 Å². The van der Waals surface area contributed by atoms with Crippen molar-refractivity contribution in [2.75, 3.05) is 7.11 Å². The quantitative estimate of drug-likeness (QED) is 0.754. The molecule has 4 rings (SSSR count). The fraction of sp³-hybridized carbons (Fsp3) is 0.222. The number of amides is 1. The molecule has 0 bridgehead atoms. The van der Waals surface area contributed by atoms with Crippen molar-refractivity contribution in [3.63, 3.8) is 0 Å². The lowest BCUT2D eigenvalue weighted by Crippen LogP contribution is -2.25. The van der Waals surface area contributed by atoms with Gasteiger partial charge in [-0.05, 0) is 29.3 Å². The highest BCUT2D eigenvalue weighted by molar-refractivity contribution is 6.30. The normalized spacial score (nSPS) is 13.4. The average molecular weight is 358 g/mol. The fourth-order valence-electron chi connectivity index (χ4n) is 3.20. The Kier molecular flexibility index (Phi) is 3.86. The molecule has 128 valence electrons. The molecule has 2 aromatic carbocycles. The maximum atomic E-state index is 12.9. The molecule has 6 nitrogen and oxygen atoms in total. The summed E-state index contributed by atoms with van der Waals surface area (Å²) < 4.78 is 5.13. The largest absolute Gasteiger partial charge is 0.507 e. The zero-order chi connectivity index (χ0) is 17.6. The Morgan fingerprint density at radius 3 is 2.92 bits per heavy atom. The highest BCUT2D eigenvalue weighted by atomic mass is 35.5. The number of aromatic amines is 1. The molecule has 2 N–H and O–H groups in total. The minimum atomic E-state index is -0.226. The van der Waals surface area contributed by atoms with E-state index >= 15 is 0 Å². The van der Waals surface area contributed by atoms with Crippen LogP contribution in [0.3, 0.4) is 0 Å². The van der Waals surface area contributed by atoms with Crippen molar-refractivity contribution in [3.8, 4) is 5.75 Å². The standard InChI is InChI=1S/C18H16ClN3O3/c1-25-9-16-13-5-14(17(23)6-15(13)20-21-16)18(24)22-7-10-2-3-12(19)4-11(10)8-22/h2-6,23H,7-9H2,1H3,(H,20,21). The number of aromatic nitrogens is 2. The van der Waals surface area contributed by atoms with E-state index in [2.05, 4.69) is 10.2 Å². The Bertz CT molecular complexity index is 983. The van der Waals surface area contributed by atoms with Gasteiger partial charge in [-0.1, -0.05) is 17.7 Å². The van der Waals surface area contributed by atoms with Crippen LogP contribution in [0.4, 0.5) is 0 Å². The second kappa shape index (κ2) is 6.06. The van der Waals surface area contributed by atoms with E-state index in [9.17, 15) is 9.90 Å². The Labute approximate surface area is 149 Å². The van der Waals surface area contributed by atoms with E-state index in [1.165, 1.54) is 6.07 Å². The minimum absolute atomic E-state index is 0.0703. The zero-order valence-electron chi connectivity index (χ0n) is 13.5. The van der Waals surface area contributed by atoms with Crippen LogP contribution in [0.1, 0.15) is 27.2 Å². The van der Waals surface area contributed by atoms with Gasteiger partial charge in [-0.15, -0.1) is 0 Å². The first-order valence-electron chi connectivity index (χ1n) is 7.82. The molecule has 0 aliphatic carbocycles. The van der Waals surface area contributed by atoms with E-state index in [1.807, 2.05) is 18.2 Å². The van der Waals surface area contributed by atoms with Gasteiger partial charge in [-0.2, -0.15) is 5.10 Å². The number of phenolic OH excluding ortho intramolecular Hbond substituents is 1. The van der Waals surface area contributed by atoms with E-state index < -0.39 is 0 Å². The third-order valence-electron chi connectivity index (χ3n) is 4.45. The summed E-state index contributed by atoms with van der Waals surface area (Å²) in [6, 6.07) is 8.82. The lowest BCUT2D eigenvalue weighted by Gasteiger charge is -2.16. The number of H-pyrrole nitrogens is 1. The van der Waals surface area contributed by atoms with Crippen molar-refractivity contribution in [2.24, 2.45) is 0 Å². The molecule has 0 saturated carbocycles. The van der Waals surface area contributed by atoms with Crippen molar-refractivity contribution in [2.45, 2.75) is 19.7 Å². The highest BCUT2D eigenvalue weighted by Crippen LogP contribution is 2.31.